The molecule has 0 bridgehead atoms. The summed E-state index contributed by atoms with van der Waals surface area (Å²) in [6.45, 7) is 10.8. The van der Waals surface area contributed by atoms with Crippen LogP contribution in [0.4, 0.5) is 0 Å². The highest BCUT2D eigenvalue weighted by molar-refractivity contribution is 7.98. The van der Waals surface area contributed by atoms with E-state index in [1.807, 2.05) is 18.2 Å². The number of phenolic OH excluding ortho intramolecular Hbond substituents is 1. The van der Waals surface area contributed by atoms with E-state index in [4.69, 9.17) is 0 Å². The molecule has 0 saturated heterocycles. The van der Waals surface area contributed by atoms with Crippen molar-refractivity contribution in [1.82, 2.24) is 4.72 Å². The van der Waals surface area contributed by atoms with E-state index < -0.39 is 0 Å². The van der Waals surface area contributed by atoms with Crippen LogP contribution in [0.1, 0.15) is 46.2 Å². The van der Waals surface area contributed by atoms with Gasteiger partial charge < -0.3 is 5.11 Å². The second-order valence-corrected chi connectivity index (χ2v) is 7.28. The number of rotatable bonds is 4. The van der Waals surface area contributed by atoms with E-state index in [1.54, 1.807) is 18.0 Å². The fourth-order valence-corrected chi connectivity index (χ4v) is 2.43. The summed E-state index contributed by atoms with van der Waals surface area (Å²) in [7, 11) is 0. The number of para-hydroxylation sites is 1. The molecule has 1 aromatic rings. The topological polar surface area (TPSA) is 32.3 Å². The predicted octanol–water partition coefficient (Wildman–Crippen LogP) is 4.13. The molecular formula is C14H23NOS. The van der Waals surface area contributed by atoms with Gasteiger partial charge in [0, 0.05) is 16.4 Å². The van der Waals surface area contributed by atoms with Crippen LogP contribution >= 0.6 is 11.9 Å². The summed E-state index contributed by atoms with van der Waals surface area (Å²) in [4.78, 5) is 0. The van der Waals surface area contributed by atoms with Crippen LogP contribution in [0.25, 0.3) is 0 Å². The molecule has 0 radical (unpaired) electrons. The minimum atomic E-state index is 0.164. The number of nitrogens with one attached hydrogen (secondary N) is 1. The molecular weight excluding hydrogens is 230 g/mol. The molecule has 0 aliphatic heterocycles. The molecule has 2 N–H and O–H groups in total. The van der Waals surface area contributed by atoms with Crippen LogP contribution in [-0.2, 0) is 0 Å². The lowest BCUT2D eigenvalue weighted by atomic mass is 9.96. The Bertz CT molecular complexity index is 357. The van der Waals surface area contributed by atoms with Crippen molar-refractivity contribution in [3.63, 3.8) is 0 Å². The Morgan fingerprint density at radius 2 is 1.76 bits per heavy atom. The van der Waals surface area contributed by atoms with Crippen molar-refractivity contribution in [2.24, 2.45) is 5.92 Å². The van der Waals surface area contributed by atoms with Gasteiger partial charge in [0.1, 0.15) is 5.75 Å². The normalized spacial score (nSPS) is 14.0. The standard InChI is InChI=1S/C14H23NOS/c1-10(2)13(15-17-14(3,4)5)11-8-6-7-9-12(11)16/h6-10,13,15-16H,1-5H3/t13-/m1/s1. The zero-order valence-corrected chi connectivity index (χ0v) is 12.1. The summed E-state index contributed by atoms with van der Waals surface area (Å²) in [5.74, 6) is 0.798. The second-order valence-electron chi connectivity index (χ2n) is 5.61. The third kappa shape index (κ3) is 4.60. The second kappa shape index (κ2) is 5.78. The fraction of sp³-hybridized carbons (Fsp3) is 0.571. The number of hydrogen-bond donors (Lipinski definition) is 2. The molecule has 1 atom stereocenters. The average Bonchev–Trinajstić information content (AvgIpc) is 2.18. The minimum absolute atomic E-state index is 0.164. The molecule has 17 heavy (non-hydrogen) atoms. The van der Waals surface area contributed by atoms with E-state index in [0.717, 1.165) is 5.56 Å². The Kier molecular flexibility index (Phi) is 4.90. The summed E-state index contributed by atoms with van der Waals surface area (Å²) in [6.07, 6.45) is 0. The summed E-state index contributed by atoms with van der Waals surface area (Å²) in [5, 5.41) is 9.91. The van der Waals surface area contributed by atoms with Gasteiger partial charge in [-0.3, -0.25) is 4.72 Å². The molecule has 1 rings (SSSR count). The first kappa shape index (κ1) is 14.4. The van der Waals surface area contributed by atoms with Crippen LogP contribution in [0.5, 0.6) is 5.75 Å². The van der Waals surface area contributed by atoms with Crippen molar-refractivity contribution < 1.29 is 5.11 Å². The largest absolute Gasteiger partial charge is 0.508 e. The lowest BCUT2D eigenvalue weighted by Crippen LogP contribution is -2.25. The van der Waals surface area contributed by atoms with Gasteiger partial charge in [-0.25, -0.2) is 0 Å². The highest BCUT2D eigenvalue weighted by atomic mass is 32.2. The van der Waals surface area contributed by atoms with Gasteiger partial charge >= 0.3 is 0 Å². The maximum Gasteiger partial charge on any atom is 0.120 e. The monoisotopic (exact) mass is 253 g/mol. The molecule has 0 amide bonds. The van der Waals surface area contributed by atoms with Crippen molar-refractivity contribution in [2.45, 2.75) is 45.4 Å². The van der Waals surface area contributed by atoms with Crippen molar-refractivity contribution >= 4 is 11.9 Å². The van der Waals surface area contributed by atoms with E-state index >= 15 is 0 Å². The van der Waals surface area contributed by atoms with Gasteiger partial charge in [0.2, 0.25) is 0 Å². The molecule has 0 aromatic heterocycles. The van der Waals surface area contributed by atoms with Crippen LogP contribution in [-0.4, -0.2) is 9.85 Å². The Morgan fingerprint density at radius 1 is 1.18 bits per heavy atom. The van der Waals surface area contributed by atoms with Crippen molar-refractivity contribution in [1.29, 1.82) is 0 Å². The van der Waals surface area contributed by atoms with E-state index in [-0.39, 0.29) is 10.8 Å². The first-order chi connectivity index (χ1) is 7.81. The minimum Gasteiger partial charge on any atom is -0.508 e. The summed E-state index contributed by atoms with van der Waals surface area (Å²) >= 11 is 1.71. The molecule has 0 heterocycles. The van der Waals surface area contributed by atoms with Crippen molar-refractivity contribution in [3.8, 4) is 5.75 Å². The Balaban J connectivity index is 2.84. The molecule has 0 spiro atoms. The van der Waals surface area contributed by atoms with Gasteiger partial charge in [-0.15, -0.1) is 0 Å². The third-order valence-electron chi connectivity index (χ3n) is 2.43. The lowest BCUT2D eigenvalue weighted by Gasteiger charge is -2.27. The van der Waals surface area contributed by atoms with E-state index in [9.17, 15) is 5.11 Å². The quantitative estimate of drug-likeness (QED) is 0.791. The first-order valence-electron chi connectivity index (χ1n) is 6.02. The highest BCUT2D eigenvalue weighted by Crippen LogP contribution is 2.33. The molecule has 0 aliphatic carbocycles. The number of aromatic hydroxyl groups is 1. The lowest BCUT2D eigenvalue weighted by molar-refractivity contribution is 0.429. The van der Waals surface area contributed by atoms with E-state index in [0.29, 0.717) is 11.7 Å². The van der Waals surface area contributed by atoms with Crippen LogP contribution in [0, 0.1) is 5.92 Å². The smallest absolute Gasteiger partial charge is 0.120 e. The average molecular weight is 253 g/mol. The molecule has 0 aliphatic rings. The molecule has 2 nitrogen and oxygen atoms in total. The van der Waals surface area contributed by atoms with Crippen molar-refractivity contribution in [3.05, 3.63) is 29.8 Å². The van der Waals surface area contributed by atoms with Gasteiger partial charge in [0.15, 0.2) is 0 Å². The first-order valence-corrected chi connectivity index (χ1v) is 6.84. The fourth-order valence-electron chi connectivity index (χ4n) is 1.55. The highest BCUT2D eigenvalue weighted by Gasteiger charge is 2.21. The Morgan fingerprint density at radius 3 is 2.24 bits per heavy atom. The van der Waals surface area contributed by atoms with Gasteiger partial charge in [-0.1, -0.05) is 44.0 Å². The maximum absolute atomic E-state index is 9.91. The number of benzene rings is 1. The van der Waals surface area contributed by atoms with Gasteiger partial charge in [0.25, 0.3) is 0 Å². The van der Waals surface area contributed by atoms with Gasteiger partial charge in [-0.05, 0) is 32.8 Å². The molecule has 96 valence electrons. The molecule has 0 saturated carbocycles. The maximum atomic E-state index is 9.91. The number of hydrogen-bond acceptors (Lipinski definition) is 3. The van der Waals surface area contributed by atoms with Crippen molar-refractivity contribution in [2.75, 3.05) is 0 Å². The molecule has 1 aromatic carbocycles. The molecule has 0 unspecified atom stereocenters. The zero-order valence-electron chi connectivity index (χ0n) is 11.3. The Hall–Kier alpha value is -0.670. The van der Waals surface area contributed by atoms with E-state index in [1.165, 1.54) is 0 Å². The molecule has 3 heteroatoms. The van der Waals surface area contributed by atoms with Gasteiger partial charge in [-0.2, -0.15) is 0 Å². The third-order valence-corrected chi connectivity index (χ3v) is 3.41. The summed E-state index contributed by atoms with van der Waals surface area (Å²) in [5.41, 5.74) is 0.972. The van der Waals surface area contributed by atoms with Crippen LogP contribution in [0.3, 0.4) is 0 Å². The van der Waals surface area contributed by atoms with E-state index in [2.05, 4.69) is 39.3 Å². The SMILES string of the molecule is CC(C)[C@@H](NSC(C)(C)C)c1ccccc1O. The predicted molar refractivity (Wildman–Crippen MR) is 76.2 cm³/mol. The van der Waals surface area contributed by atoms with Crippen LogP contribution in [0.15, 0.2) is 24.3 Å². The zero-order chi connectivity index (χ0) is 13.1. The summed E-state index contributed by atoms with van der Waals surface area (Å²) < 4.78 is 3.64. The summed E-state index contributed by atoms with van der Waals surface area (Å²) in [6, 6.07) is 7.71. The van der Waals surface area contributed by atoms with Crippen LogP contribution in [0.2, 0.25) is 0 Å². The van der Waals surface area contributed by atoms with Crippen LogP contribution < -0.4 is 4.72 Å². The number of phenols is 1. The Labute approximate surface area is 109 Å². The van der Waals surface area contributed by atoms with Gasteiger partial charge in [0.05, 0.1) is 0 Å². The molecule has 0 fully saturated rings.